The Kier molecular flexibility index (Phi) is 6.72. The Hall–Kier alpha value is -4.66. The van der Waals surface area contributed by atoms with Crippen molar-refractivity contribution in [1.29, 1.82) is 0 Å². The van der Waals surface area contributed by atoms with Gasteiger partial charge >= 0.3 is 0 Å². The number of nitrogens with zero attached hydrogens (tertiary/aromatic N) is 6. The molecular weight excluding hydrogens is 476 g/mol. The smallest absolute Gasteiger partial charge is 0.259 e. The third-order valence-corrected chi connectivity index (χ3v) is 6.78. The fourth-order valence-electron chi connectivity index (χ4n) is 5.31. The summed E-state index contributed by atoms with van der Waals surface area (Å²) in [5, 5.41) is 12.0. The van der Waals surface area contributed by atoms with Gasteiger partial charge in [-0.05, 0) is 71.3 Å². The van der Waals surface area contributed by atoms with Crippen molar-refractivity contribution >= 4 is 35.0 Å². The summed E-state index contributed by atoms with van der Waals surface area (Å²) in [6.45, 7) is 6.13. The molecule has 188 valence electrons. The van der Waals surface area contributed by atoms with Crippen LogP contribution in [0.4, 0.5) is 11.4 Å². The quantitative estimate of drug-likeness (QED) is 0.197. The predicted molar refractivity (Wildman–Crippen MR) is 134 cm³/mol. The number of amides is 4. The van der Waals surface area contributed by atoms with Crippen molar-refractivity contribution in [2.24, 2.45) is 21.6 Å². The van der Waals surface area contributed by atoms with Crippen LogP contribution in [0.3, 0.4) is 0 Å². The summed E-state index contributed by atoms with van der Waals surface area (Å²) in [5.41, 5.74) is 20.4. The number of carbonyl (C=O) groups excluding carboxylic acids is 4. The zero-order chi connectivity index (χ0) is 26.9. The number of rotatable bonds is 9. The molecule has 0 saturated heterocycles. The molecular formula is C25H24N8O4. The van der Waals surface area contributed by atoms with Gasteiger partial charge in [-0.15, -0.1) is 0 Å². The number of nitrogens with one attached hydrogen (secondary N) is 2. The lowest BCUT2D eigenvalue weighted by molar-refractivity contribution is 0.0862. The van der Waals surface area contributed by atoms with Gasteiger partial charge in [0.2, 0.25) is 0 Å². The fraction of sp³-hybridized carbons (Fsp3) is 0.360. The summed E-state index contributed by atoms with van der Waals surface area (Å²) >= 11 is 0. The molecule has 2 aliphatic heterocycles. The molecule has 12 heteroatoms. The molecule has 2 heterocycles. The van der Waals surface area contributed by atoms with Crippen LogP contribution in [0.5, 0.6) is 0 Å². The molecule has 0 spiro atoms. The highest BCUT2D eigenvalue weighted by Crippen LogP contribution is 2.38. The van der Waals surface area contributed by atoms with Crippen molar-refractivity contribution in [3.05, 3.63) is 78.5 Å². The summed E-state index contributed by atoms with van der Waals surface area (Å²) in [6, 6.07) is 6.06. The normalized spacial score (nSPS) is 14.8. The Morgan fingerprint density at radius 3 is 1.81 bits per heavy atom. The van der Waals surface area contributed by atoms with Crippen LogP contribution in [-0.2, 0) is 12.8 Å². The molecule has 1 atom stereocenters. The van der Waals surface area contributed by atoms with Gasteiger partial charge in [-0.3, -0.25) is 29.8 Å². The monoisotopic (exact) mass is 500 g/mol. The maximum absolute atomic E-state index is 12.4. The van der Waals surface area contributed by atoms with Crippen LogP contribution in [0, 0.1) is 11.3 Å². The zero-order valence-electron chi connectivity index (χ0n) is 20.5. The Morgan fingerprint density at radius 2 is 1.30 bits per heavy atom. The topological polar surface area (TPSA) is 190 Å². The van der Waals surface area contributed by atoms with E-state index in [0.29, 0.717) is 48.2 Å². The highest BCUT2D eigenvalue weighted by molar-refractivity contribution is 6.23. The van der Waals surface area contributed by atoms with Crippen LogP contribution in [0.2, 0.25) is 0 Å². The summed E-state index contributed by atoms with van der Waals surface area (Å²) in [7, 11) is 0. The maximum Gasteiger partial charge on any atom is 0.259 e. The molecule has 1 unspecified atom stereocenters. The molecule has 4 amide bonds. The lowest BCUT2D eigenvalue weighted by Gasteiger charge is -2.29. The fourth-order valence-corrected chi connectivity index (χ4v) is 5.31. The molecule has 2 aliphatic rings. The van der Waals surface area contributed by atoms with E-state index in [1.165, 1.54) is 12.1 Å². The van der Waals surface area contributed by atoms with Gasteiger partial charge in [0.25, 0.3) is 23.6 Å². The molecule has 0 aromatic heterocycles. The molecule has 2 aromatic carbocycles. The van der Waals surface area contributed by atoms with Crippen molar-refractivity contribution in [1.82, 2.24) is 10.6 Å². The van der Waals surface area contributed by atoms with Crippen molar-refractivity contribution in [2.75, 3.05) is 0 Å². The number of hydrogen-bond donors (Lipinski definition) is 2. The number of hydrogen-bond acceptors (Lipinski definition) is 6. The second-order valence-electron chi connectivity index (χ2n) is 10.1. The molecule has 2 N–H and O–H groups in total. The first kappa shape index (κ1) is 25.4. The largest absolute Gasteiger partial charge is 0.288 e. The van der Waals surface area contributed by atoms with Crippen LogP contribution in [0.1, 0.15) is 86.2 Å². The Balaban J connectivity index is 1.56. The average Bonchev–Trinajstić information content (AvgIpc) is 3.28. The lowest BCUT2D eigenvalue weighted by Crippen LogP contribution is -2.21. The van der Waals surface area contributed by atoms with Gasteiger partial charge in [0.15, 0.2) is 0 Å². The van der Waals surface area contributed by atoms with E-state index in [4.69, 9.17) is 11.1 Å². The maximum atomic E-state index is 12.4. The molecule has 0 fully saturated rings. The first-order chi connectivity index (χ1) is 17.6. The van der Waals surface area contributed by atoms with Crippen LogP contribution >= 0.6 is 0 Å². The van der Waals surface area contributed by atoms with Gasteiger partial charge in [-0.25, -0.2) is 0 Å². The third-order valence-electron chi connectivity index (χ3n) is 6.78. The summed E-state index contributed by atoms with van der Waals surface area (Å²) in [6.07, 6.45) is 2.11. The van der Waals surface area contributed by atoms with Crippen molar-refractivity contribution in [3.8, 4) is 0 Å². The van der Waals surface area contributed by atoms with E-state index in [2.05, 4.69) is 44.5 Å². The minimum absolute atomic E-state index is 0.0283. The standard InChI is InChI=1S/C25H24N8O4/c1-12(10-16-18(31-33-27)7-5-15-20(16)24(37)29-22(15)35)11-25(2,3)9-8-13-17(30-32-26)6-4-14-19(13)23(36)28-21(14)34/h4-7,12H,8-11H2,1-3H3,(H,28,34,36)(H,29,35,37). The molecule has 4 rings (SSSR count). The minimum atomic E-state index is -0.507. The highest BCUT2D eigenvalue weighted by atomic mass is 16.2. The van der Waals surface area contributed by atoms with Gasteiger partial charge < -0.3 is 0 Å². The molecule has 0 aliphatic carbocycles. The first-order valence-electron chi connectivity index (χ1n) is 11.7. The molecule has 0 saturated carbocycles. The van der Waals surface area contributed by atoms with Gasteiger partial charge in [0.1, 0.15) is 0 Å². The van der Waals surface area contributed by atoms with Gasteiger partial charge in [-0.1, -0.05) is 43.1 Å². The molecule has 37 heavy (non-hydrogen) atoms. The second kappa shape index (κ2) is 9.77. The van der Waals surface area contributed by atoms with Crippen LogP contribution in [0.15, 0.2) is 34.5 Å². The van der Waals surface area contributed by atoms with E-state index < -0.39 is 23.6 Å². The molecule has 0 radical (unpaired) electrons. The SMILES string of the molecule is CC(Cc1c(N=[N+]=[N-])ccc2c1C(=O)NC2=O)CC(C)(C)CCc1c(N=[N+]=[N-])ccc2c1C(=O)NC2=O. The van der Waals surface area contributed by atoms with E-state index in [0.717, 1.165) is 0 Å². The van der Waals surface area contributed by atoms with E-state index in [1.54, 1.807) is 12.1 Å². The third kappa shape index (κ3) is 4.88. The van der Waals surface area contributed by atoms with E-state index >= 15 is 0 Å². The average molecular weight is 501 g/mol. The molecule has 2 aromatic rings. The zero-order valence-corrected chi connectivity index (χ0v) is 20.5. The lowest BCUT2D eigenvalue weighted by atomic mass is 9.76. The van der Waals surface area contributed by atoms with E-state index in [-0.39, 0.29) is 33.6 Å². The molecule has 12 nitrogen and oxygen atoms in total. The second-order valence-corrected chi connectivity index (χ2v) is 10.1. The number of imide groups is 2. The summed E-state index contributed by atoms with van der Waals surface area (Å²) < 4.78 is 0. The number of azide groups is 2. The van der Waals surface area contributed by atoms with Crippen molar-refractivity contribution in [2.45, 2.75) is 46.5 Å². The first-order valence-corrected chi connectivity index (χ1v) is 11.7. The summed E-state index contributed by atoms with van der Waals surface area (Å²) in [5.74, 6) is -1.94. The number of benzene rings is 2. The number of carbonyl (C=O) groups is 4. The van der Waals surface area contributed by atoms with Crippen LogP contribution in [-0.4, -0.2) is 23.6 Å². The highest BCUT2D eigenvalue weighted by Gasteiger charge is 2.33. The predicted octanol–water partition coefficient (Wildman–Crippen LogP) is 5.57. The van der Waals surface area contributed by atoms with Crippen LogP contribution < -0.4 is 10.6 Å². The minimum Gasteiger partial charge on any atom is -0.288 e. The van der Waals surface area contributed by atoms with Gasteiger partial charge in [-0.2, -0.15) is 0 Å². The van der Waals surface area contributed by atoms with E-state index in [1.807, 2.05) is 6.92 Å². The van der Waals surface area contributed by atoms with Crippen molar-refractivity contribution < 1.29 is 19.2 Å². The Bertz CT molecular complexity index is 1470. The number of fused-ring (bicyclic) bond motifs is 2. The Labute approximate surface area is 211 Å². The van der Waals surface area contributed by atoms with Crippen molar-refractivity contribution in [3.63, 3.8) is 0 Å². The Morgan fingerprint density at radius 1 is 0.811 bits per heavy atom. The molecule has 0 bridgehead atoms. The summed E-state index contributed by atoms with van der Waals surface area (Å²) in [4.78, 5) is 54.8. The van der Waals surface area contributed by atoms with Gasteiger partial charge in [0.05, 0.1) is 22.3 Å². The van der Waals surface area contributed by atoms with Gasteiger partial charge in [0, 0.05) is 21.2 Å². The van der Waals surface area contributed by atoms with Crippen LogP contribution in [0.25, 0.3) is 20.9 Å². The van der Waals surface area contributed by atoms with E-state index in [9.17, 15) is 19.2 Å².